The number of Topliss-reactive ketones (excluding diaryl/α,β-unsaturated/α-hetero) is 1. The third-order valence-electron chi connectivity index (χ3n) is 4.05. The number of benzene rings is 3. The Kier molecular flexibility index (Phi) is 6.00. The largest absolute Gasteiger partial charge is 0.479 e. The van der Waals surface area contributed by atoms with Crippen LogP contribution in [0.2, 0.25) is 0 Å². The Morgan fingerprint density at radius 1 is 0.778 bits per heavy atom. The van der Waals surface area contributed by atoms with E-state index >= 15 is 0 Å². The molecule has 136 valence electrons. The second-order valence-corrected chi connectivity index (χ2v) is 6.05. The summed E-state index contributed by atoms with van der Waals surface area (Å²) in [6.07, 6.45) is -0.791. The molecule has 0 aromatic heterocycles. The Bertz CT molecular complexity index is 887. The van der Waals surface area contributed by atoms with Crippen molar-refractivity contribution in [2.75, 3.05) is 6.61 Å². The number of rotatable bonds is 7. The molecule has 0 aliphatic rings. The van der Waals surface area contributed by atoms with Crippen molar-refractivity contribution in [2.24, 2.45) is 0 Å². The van der Waals surface area contributed by atoms with Gasteiger partial charge in [0, 0.05) is 5.56 Å². The normalized spacial score (nSPS) is 11.4. The molecule has 0 heterocycles. The molecule has 0 bridgehead atoms. The molecule has 1 atom stereocenters. The quantitative estimate of drug-likeness (QED) is 0.458. The highest BCUT2D eigenvalue weighted by Crippen LogP contribution is 2.19. The van der Waals surface area contributed by atoms with Crippen molar-refractivity contribution in [3.8, 4) is 16.9 Å². The molecule has 0 spiro atoms. The Morgan fingerprint density at radius 2 is 1.33 bits per heavy atom. The number of esters is 1. The molecule has 0 saturated heterocycles. The third-order valence-corrected chi connectivity index (χ3v) is 4.05. The summed E-state index contributed by atoms with van der Waals surface area (Å²) >= 11 is 0. The maximum absolute atomic E-state index is 12.3. The van der Waals surface area contributed by atoms with Crippen LogP contribution < -0.4 is 4.74 Å². The van der Waals surface area contributed by atoms with E-state index in [9.17, 15) is 9.59 Å². The smallest absolute Gasteiger partial charge is 0.347 e. The van der Waals surface area contributed by atoms with Gasteiger partial charge in [0.2, 0.25) is 0 Å². The number of hydrogen-bond acceptors (Lipinski definition) is 4. The lowest BCUT2D eigenvalue weighted by atomic mass is 10.0. The average Bonchev–Trinajstić information content (AvgIpc) is 2.73. The first-order valence-corrected chi connectivity index (χ1v) is 8.70. The van der Waals surface area contributed by atoms with Gasteiger partial charge in [0.05, 0.1) is 0 Å². The van der Waals surface area contributed by atoms with Crippen LogP contribution in [0.15, 0.2) is 84.9 Å². The maximum Gasteiger partial charge on any atom is 0.347 e. The summed E-state index contributed by atoms with van der Waals surface area (Å²) in [5.41, 5.74) is 2.60. The standard InChI is InChI=1S/C23H20O4/c1-17(27-21-10-6-3-7-11-21)23(25)26-16-22(24)20-14-12-19(13-15-20)18-8-4-2-5-9-18/h2-15,17H,16H2,1H3. The minimum Gasteiger partial charge on any atom is -0.479 e. The van der Waals surface area contributed by atoms with Crippen LogP contribution in [0.3, 0.4) is 0 Å². The lowest BCUT2D eigenvalue weighted by Gasteiger charge is -2.13. The van der Waals surface area contributed by atoms with Gasteiger partial charge in [-0.1, -0.05) is 72.8 Å². The van der Waals surface area contributed by atoms with Crippen LogP contribution >= 0.6 is 0 Å². The van der Waals surface area contributed by atoms with Crippen LogP contribution in [0.4, 0.5) is 0 Å². The summed E-state index contributed by atoms with van der Waals surface area (Å²) in [6, 6.07) is 26.1. The van der Waals surface area contributed by atoms with Crippen molar-refractivity contribution in [1.82, 2.24) is 0 Å². The molecule has 3 aromatic carbocycles. The number of carbonyl (C=O) groups is 2. The molecule has 27 heavy (non-hydrogen) atoms. The summed E-state index contributed by atoms with van der Waals surface area (Å²) in [5.74, 6) is -0.257. The fourth-order valence-electron chi connectivity index (χ4n) is 2.57. The van der Waals surface area contributed by atoms with Crippen LogP contribution in [-0.4, -0.2) is 24.5 Å². The molecule has 0 aliphatic heterocycles. The first-order chi connectivity index (χ1) is 13.1. The number of para-hydroxylation sites is 1. The highest BCUT2D eigenvalue weighted by atomic mass is 16.6. The first-order valence-electron chi connectivity index (χ1n) is 8.70. The Morgan fingerprint density at radius 3 is 1.96 bits per heavy atom. The molecule has 0 N–H and O–H groups in total. The van der Waals surface area contributed by atoms with E-state index in [-0.39, 0.29) is 12.4 Å². The van der Waals surface area contributed by atoms with Gasteiger partial charge in [-0.15, -0.1) is 0 Å². The van der Waals surface area contributed by atoms with Crippen molar-refractivity contribution in [1.29, 1.82) is 0 Å². The molecule has 3 aromatic rings. The van der Waals surface area contributed by atoms with E-state index < -0.39 is 12.1 Å². The van der Waals surface area contributed by atoms with Gasteiger partial charge in [-0.05, 0) is 30.2 Å². The van der Waals surface area contributed by atoms with Crippen LogP contribution in [0.1, 0.15) is 17.3 Å². The van der Waals surface area contributed by atoms with Crippen LogP contribution in [-0.2, 0) is 9.53 Å². The van der Waals surface area contributed by atoms with Crippen molar-refractivity contribution in [3.63, 3.8) is 0 Å². The zero-order chi connectivity index (χ0) is 19.1. The van der Waals surface area contributed by atoms with Crippen LogP contribution in [0, 0.1) is 0 Å². The minimum atomic E-state index is -0.791. The van der Waals surface area contributed by atoms with Gasteiger partial charge in [-0.3, -0.25) is 4.79 Å². The van der Waals surface area contributed by atoms with Gasteiger partial charge >= 0.3 is 5.97 Å². The first kappa shape index (κ1) is 18.4. The summed E-state index contributed by atoms with van der Waals surface area (Å²) in [7, 11) is 0. The lowest BCUT2D eigenvalue weighted by molar-refractivity contribution is -0.149. The number of carbonyl (C=O) groups excluding carboxylic acids is 2. The summed E-state index contributed by atoms with van der Waals surface area (Å²) in [4.78, 5) is 24.3. The predicted octanol–water partition coefficient (Wildman–Crippen LogP) is 4.55. The Labute approximate surface area is 158 Å². The Hall–Kier alpha value is -3.40. The van der Waals surface area contributed by atoms with Gasteiger partial charge in [-0.2, -0.15) is 0 Å². The second-order valence-electron chi connectivity index (χ2n) is 6.05. The van der Waals surface area contributed by atoms with Crippen molar-refractivity contribution < 1.29 is 19.1 Å². The monoisotopic (exact) mass is 360 g/mol. The zero-order valence-corrected chi connectivity index (χ0v) is 15.0. The molecule has 4 nitrogen and oxygen atoms in total. The highest BCUT2D eigenvalue weighted by molar-refractivity contribution is 5.98. The van der Waals surface area contributed by atoms with Crippen molar-refractivity contribution in [2.45, 2.75) is 13.0 Å². The molecule has 0 aliphatic carbocycles. The van der Waals surface area contributed by atoms with E-state index in [2.05, 4.69) is 0 Å². The van der Waals surface area contributed by atoms with E-state index in [0.29, 0.717) is 11.3 Å². The van der Waals surface area contributed by atoms with E-state index in [1.54, 1.807) is 31.2 Å². The van der Waals surface area contributed by atoms with Gasteiger partial charge < -0.3 is 9.47 Å². The molecule has 4 heteroatoms. The Balaban J connectivity index is 1.53. The van der Waals surface area contributed by atoms with Crippen LogP contribution in [0.5, 0.6) is 5.75 Å². The molecular formula is C23H20O4. The molecule has 0 saturated carbocycles. The fraction of sp³-hybridized carbons (Fsp3) is 0.130. The molecule has 3 rings (SSSR count). The lowest BCUT2D eigenvalue weighted by Crippen LogP contribution is -2.28. The second kappa shape index (κ2) is 8.81. The molecular weight excluding hydrogens is 340 g/mol. The molecule has 0 amide bonds. The van der Waals surface area contributed by atoms with Crippen molar-refractivity contribution in [3.05, 3.63) is 90.5 Å². The molecule has 0 fully saturated rings. The van der Waals surface area contributed by atoms with E-state index in [0.717, 1.165) is 11.1 Å². The molecule has 0 radical (unpaired) electrons. The van der Waals surface area contributed by atoms with E-state index in [1.165, 1.54) is 0 Å². The molecule has 1 unspecified atom stereocenters. The topological polar surface area (TPSA) is 52.6 Å². The van der Waals surface area contributed by atoms with Crippen molar-refractivity contribution >= 4 is 11.8 Å². The number of hydrogen-bond donors (Lipinski definition) is 0. The van der Waals surface area contributed by atoms with E-state index in [4.69, 9.17) is 9.47 Å². The summed E-state index contributed by atoms with van der Waals surface area (Å²) < 4.78 is 10.6. The van der Waals surface area contributed by atoms with Gasteiger partial charge in [0.1, 0.15) is 5.75 Å². The SMILES string of the molecule is CC(Oc1ccccc1)C(=O)OCC(=O)c1ccc(-c2ccccc2)cc1. The highest BCUT2D eigenvalue weighted by Gasteiger charge is 2.18. The minimum absolute atomic E-state index is 0.255. The van der Waals surface area contributed by atoms with Crippen LogP contribution in [0.25, 0.3) is 11.1 Å². The zero-order valence-electron chi connectivity index (χ0n) is 15.0. The fourth-order valence-corrected chi connectivity index (χ4v) is 2.57. The summed E-state index contributed by atoms with van der Waals surface area (Å²) in [6.45, 7) is 1.28. The third kappa shape index (κ3) is 5.05. The number of ketones is 1. The number of ether oxygens (including phenoxy) is 2. The van der Waals surface area contributed by atoms with E-state index in [1.807, 2.05) is 60.7 Å². The summed E-state index contributed by atoms with van der Waals surface area (Å²) in [5, 5.41) is 0. The average molecular weight is 360 g/mol. The predicted molar refractivity (Wildman–Crippen MR) is 104 cm³/mol. The van der Waals surface area contributed by atoms with Gasteiger partial charge in [0.15, 0.2) is 18.5 Å². The maximum atomic E-state index is 12.3. The van der Waals surface area contributed by atoms with Gasteiger partial charge in [-0.25, -0.2) is 4.79 Å². The van der Waals surface area contributed by atoms with Gasteiger partial charge in [0.25, 0.3) is 0 Å².